The van der Waals surface area contributed by atoms with Gasteiger partial charge >= 0.3 is 0 Å². The predicted molar refractivity (Wildman–Crippen MR) is 72.5 cm³/mol. The summed E-state index contributed by atoms with van der Waals surface area (Å²) >= 11 is 1.57. The van der Waals surface area contributed by atoms with Crippen LogP contribution in [-0.2, 0) is 0 Å². The second-order valence-corrected chi connectivity index (χ2v) is 5.43. The van der Waals surface area contributed by atoms with Gasteiger partial charge in [-0.05, 0) is 12.0 Å². The summed E-state index contributed by atoms with van der Waals surface area (Å²) in [7, 11) is 0. The van der Waals surface area contributed by atoms with Crippen LogP contribution in [0.2, 0.25) is 0 Å². The van der Waals surface area contributed by atoms with E-state index in [0.717, 1.165) is 23.2 Å². The Hall–Kier alpha value is -1.55. The SMILES string of the molecule is Nc1cnc(N2CCC(c3ccccc3)C2)s1. The number of benzene rings is 1. The highest BCUT2D eigenvalue weighted by Crippen LogP contribution is 2.33. The zero-order valence-electron chi connectivity index (χ0n) is 9.54. The van der Waals surface area contributed by atoms with E-state index in [9.17, 15) is 0 Å². The second-order valence-electron chi connectivity index (χ2n) is 4.39. The quantitative estimate of drug-likeness (QED) is 0.884. The van der Waals surface area contributed by atoms with Gasteiger partial charge in [-0.1, -0.05) is 41.7 Å². The first-order chi connectivity index (χ1) is 8.33. The minimum atomic E-state index is 0.626. The minimum Gasteiger partial charge on any atom is -0.389 e. The molecule has 2 N–H and O–H groups in total. The number of nitrogens with zero attached hydrogens (tertiary/aromatic N) is 2. The molecule has 0 spiro atoms. The summed E-state index contributed by atoms with van der Waals surface area (Å²) in [6.07, 6.45) is 2.94. The Morgan fingerprint density at radius 3 is 2.82 bits per heavy atom. The number of nitrogens with two attached hydrogens (primary N) is 1. The lowest BCUT2D eigenvalue weighted by Crippen LogP contribution is -2.18. The number of nitrogen functional groups attached to an aromatic ring is 1. The van der Waals surface area contributed by atoms with E-state index in [2.05, 4.69) is 40.2 Å². The Bertz CT molecular complexity index is 494. The van der Waals surface area contributed by atoms with Crippen molar-refractivity contribution in [3.63, 3.8) is 0 Å². The first kappa shape index (κ1) is 10.6. The van der Waals surface area contributed by atoms with Gasteiger partial charge in [-0.25, -0.2) is 4.98 Å². The summed E-state index contributed by atoms with van der Waals surface area (Å²) in [5.74, 6) is 0.626. The van der Waals surface area contributed by atoms with E-state index in [0.29, 0.717) is 5.92 Å². The molecule has 1 unspecified atom stereocenters. The van der Waals surface area contributed by atoms with Crippen molar-refractivity contribution in [2.24, 2.45) is 0 Å². The number of hydrogen-bond acceptors (Lipinski definition) is 4. The van der Waals surface area contributed by atoms with Gasteiger partial charge in [0.1, 0.15) is 5.00 Å². The molecular formula is C13H15N3S. The van der Waals surface area contributed by atoms with Gasteiger partial charge in [-0.2, -0.15) is 0 Å². The van der Waals surface area contributed by atoms with Gasteiger partial charge < -0.3 is 10.6 Å². The Labute approximate surface area is 105 Å². The summed E-state index contributed by atoms with van der Waals surface area (Å²) in [6.45, 7) is 2.13. The Morgan fingerprint density at radius 1 is 1.29 bits per heavy atom. The molecule has 0 amide bonds. The largest absolute Gasteiger partial charge is 0.389 e. The molecule has 0 bridgehead atoms. The maximum atomic E-state index is 5.72. The third-order valence-corrected chi connectivity index (χ3v) is 4.13. The Balaban J connectivity index is 1.74. The smallest absolute Gasteiger partial charge is 0.187 e. The summed E-state index contributed by atoms with van der Waals surface area (Å²) in [4.78, 5) is 6.68. The summed E-state index contributed by atoms with van der Waals surface area (Å²) in [5, 5.41) is 1.85. The van der Waals surface area contributed by atoms with Crippen molar-refractivity contribution in [3.8, 4) is 0 Å². The molecule has 1 aromatic carbocycles. The number of hydrogen-bond donors (Lipinski definition) is 1. The van der Waals surface area contributed by atoms with Crippen molar-refractivity contribution >= 4 is 21.5 Å². The molecule has 3 nitrogen and oxygen atoms in total. The molecule has 0 saturated carbocycles. The van der Waals surface area contributed by atoms with Crippen molar-refractivity contribution < 1.29 is 0 Å². The lowest BCUT2D eigenvalue weighted by atomic mass is 9.99. The molecular weight excluding hydrogens is 230 g/mol. The highest BCUT2D eigenvalue weighted by Gasteiger charge is 2.25. The fourth-order valence-corrected chi connectivity index (χ4v) is 3.07. The normalized spacial score (nSPS) is 19.8. The van der Waals surface area contributed by atoms with Crippen LogP contribution in [0.3, 0.4) is 0 Å². The van der Waals surface area contributed by atoms with E-state index in [1.807, 2.05) is 0 Å². The van der Waals surface area contributed by atoms with E-state index in [1.165, 1.54) is 12.0 Å². The molecule has 2 aromatic rings. The molecule has 1 aliphatic rings. The van der Waals surface area contributed by atoms with E-state index in [1.54, 1.807) is 17.5 Å². The maximum absolute atomic E-state index is 5.72. The number of anilines is 2. The molecule has 3 rings (SSSR count). The topological polar surface area (TPSA) is 42.1 Å². The number of aromatic nitrogens is 1. The predicted octanol–water partition coefficient (Wildman–Crippen LogP) is 2.72. The van der Waals surface area contributed by atoms with Crippen LogP contribution in [0.1, 0.15) is 17.9 Å². The van der Waals surface area contributed by atoms with Crippen LogP contribution in [0.5, 0.6) is 0 Å². The van der Waals surface area contributed by atoms with Gasteiger partial charge in [0.05, 0.1) is 6.20 Å². The van der Waals surface area contributed by atoms with Crippen molar-refractivity contribution in [2.75, 3.05) is 23.7 Å². The molecule has 2 heterocycles. The average Bonchev–Trinajstić information content (AvgIpc) is 2.98. The van der Waals surface area contributed by atoms with Crippen molar-refractivity contribution in [2.45, 2.75) is 12.3 Å². The first-order valence-electron chi connectivity index (χ1n) is 5.84. The van der Waals surface area contributed by atoms with Gasteiger partial charge in [-0.15, -0.1) is 0 Å². The fraction of sp³-hybridized carbons (Fsp3) is 0.308. The summed E-state index contributed by atoms with van der Waals surface area (Å²) in [5.41, 5.74) is 7.15. The van der Waals surface area contributed by atoms with Crippen LogP contribution in [0.4, 0.5) is 10.1 Å². The molecule has 1 aliphatic heterocycles. The van der Waals surface area contributed by atoms with Gasteiger partial charge in [0.25, 0.3) is 0 Å². The summed E-state index contributed by atoms with van der Waals surface area (Å²) in [6, 6.07) is 10.7. The van der Waals surface area contributed by atoms with E-state index < -0.39 is 0 Å². The lowest BCUT2D eigenvalue weighted by Gasteiger charge is -2.14. The van der Waals surface area contributed by atoms with Crippen LogP contribution in [0.25, 0.3) is 0 Å². The van der Waals surface area contributed by atoms with Gasteiger partial charge in [-0.3, -0.25) is 0 Å². The second kappa shape index (κ2) is 4.37. The highest BCUT2D eigenvalue weighted by molar-refractivity contribution is 7.19. The zero-order chi connectivity index (χ0) is 11.7. The van der Waals surface area contributed by atoms with Crippen LogP contribution < -0.4 is 10.6 Å². The monoisotopic (exact) mass is 245 g/mol. The van der Waals surface area contributed by atoms with E-state index >= 15 is 0 Å². The molecule has 1 saturated heterocycles. The molecule has 1 atom stereocenters. The number of rotatable bonds is 2. The molecule has 0 aliphatic carbocycles. The van der Waals surface area contributed by atoms with Crippen molar-refractivity contribution in [1.29, 1.82) is 0 Å². The van der Waals surface area contributed by atoms with Crippen molar-refractivity contribution in [1.82, 2.24) is 4.98 Å². The van der Waals surface area contributed by atoms with E-state index in [4.69, 9.17) is 5.73 Å². The zero-order valence-corrected chi connectivity index (χ0v) is 10.4. The third kappa shape index (κ3) is 2.13. The van der Waals surface area contributed by atoms with Gasteiger partial charge in [0.15, 0.2) is 5.13 Å². The maximum Gasteiger partial charge on any atom is 0.187 e. The summed E-state index contributed by atoms with van der Waals surface area (Å²) < 4.78 is 0. The third-order valence-electron chi connectivity index (χ3n) is 3.24. The lowest BCUT2D eigenvalue weighted by molar-refractivity contribution is 0.775. The molecule has 4 heteroatoms. The molecule has 0 radical (unpaired) electrons. The molecule has 17 heavy (non-hydrogen) atoms. The van der Waals surface area contributed by atoms with Crippen LogP contribution in [0, 0.1) is 0 Å². The highest BCUT2D eigenvalue weighted by atomic mass is 32.1. The number of thiazole rings is 1. The van der Waals surface area contributed by atoms with Crippen LogP contribution in [0.15, 0.2) is 36.5 Å². The fourth-order valence-electron chi connectivity index (χ4n) is 2.35. The Morgan fingerprint density at radius 2 is 2.12 bits per heavy atom. The standard InChI is InChI=1S/C13H15N3S/c14-12-8-15-13(17-12)16-7-6-11(9-16)10-4-2-1-3-5-10/h1-5,8,11H,6-7,9,14H2. The molecule has 1 aromatic heterocycles. The van der Waals surface area contributed by atoms with Crippen LogP contribution >= 0.6 is 11.3 Å². The van der Waals surface area contributed by atoms with Gasteiger partial charge in [0.2, 0.25) is 0 Å². The molecule has 88 valence electrons. The van der Waals surface area contributed by atoms with Crippen molar-refractivity contribution in [3.05, 3.63) is 42.1 Å². The minimum absolute atomic E-state index is 0.626. The van der Waals surface area contributed by atoms with Gasteiger partial charge in [0, 0.05) is 19.0 Å². The Kier molecular flexibility index (Phi) is 2.73. The first-order valence-corrected chi connectivity index (χ1v) is 6.66. The molecule has 1 fully saturated rings. The van der Waals surface area contributed by atoms with Crippen LogP contribution in [-0.4, -0.2) is 18.1 Å². The van der Waals surface area contributed by atoms with E-state index in [-0.39, 0.29) is 0 Å². The average molecular weight is 245 g/mol.